The number of amides is 3. The SMILES string of the molecule is COc1cc(CC(=O)NC2CCC(=O)NC2=O)c2nc(C)[nH]c2c1. The number of benzene rings is 1. The van der Waals surface area contributed by atoms with Gasteiger partial charge in [0, 0.05) is 12.5 Å². The zero-order valence-electron chi connectivity index (χ0n) is 13.4. The number of rotatable bonds is 4. The summed E-state index contributed by atoms with van der Waals surface area (Å²) in [7, 11) is 1.55. The summed E-state index contributed by atoms with van der Waals surface area (Å²) in [6.07, 6.45) is 0.597. The molecule has 1 fully saturated rings. The van der Waals surface area contributed by atoms with Crippen molar-refractivity contribution in [3.8, 4) is 5.75 Å². The first kappa shape index (κ1) is 16.0. The minimum absolute atomic E-state index is 0.0652. The molecule has 126 valence electrons. The van der Waals surface area contributed by atoms with Gasteiger partial charge in [0.25, 0.3) is 0 Å². The number of H-pyrrole nitrogens is 1. The minimum atomic E-state index is -0.683. The molecule has 1 atom stereocenters. The van der Waals surface area contributed by atoms with E-state index < -0.39 is 11.9 Å². The molecule has 2 heterocycles. The maximum Gasteiger partial charge on any atom is 0.249 e. The molecule has 1 aromatic carbocycles. The molecule has 0 spiro atoms. The number of aromatic amines is 1. The van der Waals surface area contributed by atoms with Crippen molar-refractivity contribution < 1.29 is 19.1 Å². The molecule has 8 nitrogen and oxygen atoms in total. The maximum atomic E-state index is 12.3. The Morgan fingerprint density at radius 1 is 1.42 bits per heavy atom. The molecule has 3 N–H and O–H groups in total. The highest BCUT2D eigenvalue weighted by Crippen LogP contribution is 2.24. The van der Waals surface area contributed by atoms with E-state index in [1.807, 2.05) is 13.0 Å². The zero-order chi connectivity index (χ0) is 17.3. The maximum absolute atomic E-state index is 12.3. The van der Waals surface area contributed by atoms with Crippen LogP contribution in [0.15, 0.2) is 12.1 Å². The van der Waals surface area contributed by atoms with Crippen LogP contribution in [-0.2, 0) is 20.8 Å². The number of hydrogen-bond donors (Lipinski definition) is 3. The number of piperidine rings is 1. The molecule has 0 radical (unpaired) electrons. The molecule has 1 aliphatic rings. The second-order valence-electron chi connectivity index (χ2n) is 5.75. The first-order valence-corrected chi connectivity index (χ1v) is 7.62. The van der Waals surface area contributed by atoms with E-state index >= 15 is 0 Å². The third-order valence-corrected chi connectivity index (χ3v) is 3.92. The van der Waals surface area contributed by atoms with Gasteiger partial charge in [-0.25, -0.2) is 4.98 Å². The lowest BCUT2D eigenvalue weighted by atomic mass is 10.0. The first-order valence-electron chi connectivity index (χ1n) is 7.62. The number of hydrogen-bond acceptors (Lipinski definition) is 5. The number of carbonyl (C=O) groups excluding carboxylic acids is 3. The highest BCUT2D eigenvalue weighted by atomic mass is 16.5. The second-order valence-corrected chi connectivity index (χ2v) is 5.75. The Morgan fingerprint density at radius 3 is 2.92 bits per heavy atom. The average molecular weight is 330 g/mol. The molecule has 24 heavy (non-hydrogen) atoms. The van der Waals surface area contributed by atoms with E-state index in [0.29, 0.717) is 23.3 Å². The van der Waals surface area contributed by atoms with E-state index in [9.17, 15) is 14.4 Å². The molecule has 1 saturated heterocycles. The van der Waals surface area contributed by atoms with E-state index in [0.717, 1.165) is 11.3 Å². The minimum Gasteiger partial charge on any atom is -0.497 e. The van der Waals surface area contributed by atoms with Crippen LogP contribution < -0.4 is 15.4 Å². The number of imide groups is 1. The van der Waals surface area contributed by atoms with Gasteiger partial charge in [-0.3, -0.25) is 19.7 Å². The second kappa shape index (κ2) is 6.31. The van der Waals surface area contributed by atoms with E-state index in [1.54, 1.807) is 13.2 Å². The number of aryl methyl sites for hydroxylation is 1. The molecule has 8 heteroatoms. The molecule has 3 rings (SSSR count). The van der Waals surface area contributed by atoms with Crippen LogP contribution in [-0.4, -0.2) is 40.8 Å². The molecular weight excluding hydrogens is 312 g/mol. The van der Waals surface area contributed by atoms with E-state index in [4.69, 9.17) is 4.74 Å². The lowest BCUT2D eigenvalue weighted by Crippen LogP contribution is -2.52. The fraction of sp³-hybridized carbons (Fsp3) is 0.375. The summed E-state index contributed by atoms with van der Waals surface area (Å²) in [4.78, 5) is 42.7. The van der Waals surface area contributed by atoms with Gasteiger partial charge in [0.1, 0.15) is 17.6 Å². The van der Waals surface area contributed by atoms with E-state index in [1.165, 1.54) is 0 Å². The molecule has 0 aliphatic carbocycles. The Hall–Kier alpha value is -2.90. The number of fused-ring (bicyclic) bond motifs is 1. The first-order chi connectivity index (χ1) is 11.5. The van der Waals surface area contributed by atoms with Crippen molar-refractivity contribution in [2.45, 2.75) is 32.2 Å². The van der Waals surface area contributed by atoms with Crippen LogP contribution in [0.4, 0.5) is 0 Å². The lowest BCUT2D eigenvalue weighted by Gasteiger charge is -2.21. The van der Waals surface area contributed by atoms with Crippen molar-refractivity contribution in [1.29, 1.82) is 0 Å². The van der Waals surface area contributed by atoms with Crippen molar-refractivity contribution in [2.75, 3.05) is 7.11 Å². The van der Waals surface area contributed by atoms with Gasteiger partial charge in [-0.05, 0) is 25.0 Å². The van der Waals surface area contributed by atoms with Crippen molar-refractivity contribution >= 4 is 28.8 Å². The Bertz CT molecular complexity index is 827. The number of carbonyl (C=O) groups is 3. The Morgan fingerprint density at radius 2 is 2.21 bits per heavy atom. The third-order valence-electron chi connectivity index (χ3n) is 3.92. The van der Waals surface area contributed by atoms with Gasteiger partial charge in [-0.2, -0.15) is 0 Å². The number of imidazole rings is 1. The molecule has 0 bridgehead atoms. The predicted octanol–water partition coefficient (Wildman–Crippen LogP) is 0.344. The van der Waals surface area contributed by atoms with Gasteiger partial charge in [-0.1, -0.05) is 0 Å². The van der Waals surface area contributed by atoms with Crippen LogP contribution in [0.5, 0.6) is 5.75 Å². The highest BCUT2D eigenvalue weighted by molar-refractivity contribution is 6.02. The fourth-order valence-electron chi connectivity index (χ4n) is 2.79. The summed E-state index contributed by atoms with van der Waals surface area (Å²) < 4.78 is 5.25. The summed E-state index contributed by atoms with van der Waals surface area (Å²) in [5.41, 5.74) is 2.20. The Balaban J connectivity index is 1.77. The van der Waals surface area contributed by atoms with Gasteiger partial charge >= 0.3 is 0 Å². The topological polar surface area (TPSA) is 113 Å². The zero-order valence-corrected chi connectivity index (χ0v) is 13.4. The van der Waals surface area contributed by atoms with Crippen LogP contribution >= 0.6 is 0 Å². The number of nitrogens with one attached hydrogen (secondary N) is 3. The number of nitrogens with zero attached hydrogens (tertiary/aromatic N) is 1. The van der Waals surface area contributed by atoms with Crippen molar-refractivity contribution in [2.24, 2.45) is 0 Å². The predicted molar refractivity (Wildman–Crippen MR) is 85.4 cm³/mol. The highest BCUT2D eigenvalue weighted by Gasteiger charge is 2.28. The van der Waals surface area contributed by atoms with E-state index in [-0.39, 0.29) is 24.7 Å². The smallest absolute Gasteiger partial charge is 0.249 e. The van der Waals surface area contributed by atoms with E-state index in [2.05, 4.69) is 20.6 Å². The monoisotopic (exact) mass is 330 g/mol. The summed E-state index contributed by atoms with van der Waals surface area (Å²) >= 11 is 0. The molecular formula is C16H18N4O4. The Kier molecular flexibility index (Phi) is 4.20. The fourth-order valence-corrected chi connectivity index (χ4v) is 2.79. The summed E-state index contributed by atoms with van der Waals surface area (Å²) in [5.74, 6) is 0.276. The van der Waals surface area contributed by atoms with Crippen LogP contribution in [0.1, 0.15) is 24.2 Å². The van der Waals surface area contributed by atoms with Gasteiger partial charge < -0.3 is 15.0 Å². The number of methoxy groups -OCH3 is 1. The lowest BCUT2D eigenvalue weighted by molar-refractivity contribution is -0.137. The van der Waals surface area contributed by atoms with Gasteiger partial charge in [0.15, 0.2) is 0 Å². The largest absolute Gasteiger partial charge is 0.497 e. The quantitative estimate of drug-likeness (QED) is 0.700. The van der Waals surface area contributed by atoms with Crippen molar-refractivity contribution in [1.82, 2.24) is 20.6 Å². The molecule has 1 aromatic heterocycles. The number of aromatic nitrogens is 2. The summed E-state index contributed by atoms with van der Waals surface area (Å²) in [5, 5.41) is 4.88. The number of ether oxygens (including phenoxy) is 1. The van der Waals surface area contributed by atoms with Gasteiger partial charge in [0.05, 0.1) is 24.6 Å². The van der Waals surface area contributed by atoms with Crippen LogP contribution in [0, 0.1) is 6.92 Å². The molecule has 1 aliphatic heterocycles. The molecule has 1 unspecified atom stereocenters. The summed E-state index contributed by atoms with van der Waals surface area (Å²) in [6.45, 7) is 1.83. The average Bonchev–Trinajstić information content (AvgIpc) is 2.90. The van der Waals surface area contributed by atoms with Gasteiger partial charge in [-0.15, -0.1) is 0 Å². The van der Waals surface area contributed by atoms with Crippen molar-refractivity contribution in [3.63, 3.8) is 0 Å². The molecule has 2 aromatic rings. The normalized spacial score (nSPS) is 17.7. The molecule has 0 saturated carbocycles. The van der Waals surface area contributed by atoms with Crippen LogP contribution in [0.2, 0.25) is 0 Å². The van der Waals surface area contributed by atoms with Crippen LogP contribution in [0.3, 0.4) is 0 Å². The van der Waals surface area contributed by atoms with Crippen LogP contribution in [0.25, 0.3) is 11.0 Å². The molecule has 3 amide bonds. The Labute approximate surface area is 138 Å². The standard InChI is InChI=1S/C16H18N4O4/c1-8-17-12-7-10(24-2)5-9(15(12)18-8)6-14(22)19-11-3-4-13(21)20-16(11)23/h5,7,11H,3-4,6H2,1-2H3,(H,17,18)(H,19,22)(H,20,21,23). The summed E-state index contributed by atoms with van der Waals surface area (Å²) in [6, 6.07) is 2.89. The third kappa shape index (κ3) is 3.22. The van der Waals surface area contributed by atoms with Gasteiger partial charge in [0.2, 0.25) is 17.7 Å². The van der Waals surface area contributed by atoms with Crippen molar-refractivity contribution in [3.05, 3.63) is 23.5 Å².